The van der Waals surface area contributed by atoms with Crippen LogP contribution in [0.3, 0.4) is 0 Å². The van der Waals surface area contributed by atoms with Crippen molar-refractivity contribution in [3.63, 3.8) is 0 Å². The fourth-order valence-corrected chi connectivity index (χ4v) is 1.98. The van der Waals surface area contributed by atoms with Crippen LogP contribution in [0.4, 0.5) is 13.2 Å². The average Bonchev–Trinajstić information content (AvgIpc) is 2.83. The number of aryl methyl sites for hydroxylation is 1. The molecule has 1 atom stereocenters. The number of ether oxygens (including phenoxy) is 1. The summed E-state index contributed by atoms with van der Waals surface area (Å²) in [6.45, 7) is 1.61. The van der Waals surface area contributed by atoms with Gasteiger partial charge in [-0.3, -0.25) is 9.48 Å². The lowest BCUT2D eigenvalue weighted by Crippen LogP contribution is -2.11. The average molecular weight is 312 g/mol. The van der Waals surface area contributed by atoms with E-state index >= 15 is 0 Å². The van der Waals surface area contributed by atoms with Gasteiger partial charge in [-0.1, -0.05) is 12.1 Å². The Hall–Kier alpha value is -2.31. The van der Waals surface area contributed by atoms with Crippen LogP contribution in [-0.2, 0) is 29.2 Å². The van der Waals surface area contributed by atoms with Crippen molar-refractivity contribution >= 4 is 5.97 Å². The molecule has 1 heterocycles. The Morgan fingerprint density at radius 2 is 1.95 bits per heavy atom. The first kappa shape index (κ1) is 16.1. The predicted molar refractivity (Wildman–Crippen MR) is 72.9 cm³/mol. The number of aromatic nitrogens is 2. The smallest absolute Gasteiger partial charge is 0.416 e. The summed E-state index contributed by atoms with van der Waals surface area (Å²) in [5.74, 6) is -0.458. The highest BCUT2D eigenvalue weighted by Crippen LogP contribution is 2.30. The third-order valence-electron chi connectivity index (χ3n) is 3.12. The molecule has 22 heavy (non-hydrogen) atoms. The third-order valence-corrected chi connectivity index (χ3v) is 3.12. The SMILES string of the molecule is C[C@H](OC(=O)Cc1cnn(C)c1)c1ccc(C(F)(F)F)cc1. The van der Waals surface area contributed by atoms with E-state index in [0.29, 0.717) is 11.1 Å². The molecule has 0 fully saturated rings. The van der Waals surface area contributed by atoms with Crippen LogP contribution in [0.2, 0.25) is 0 Å². The van der Waals surface area contributed by atoms with Gasteiger partial charge in [0.1, 0.15) is 6.10 Å². The van der Waals surface area contributed by atoms with E-state index in [1.54, 1.807) is 31.0 Å². The van der Waals surface area contributed by atoms with Crippen LogP contribution in [0.1, 0.15) is 29.7 Å². The van der Waals surface area contributed by atoms with Crippen molar-refractivity contribution in [2.75, 3.05) is 0 Å². The first-order valence-electron chi connectivity index (χ1n) is 6.60. The van der Waals surface area contributed by atoms with Gasteiger partial charge in [0, 0.05) is 18.8 Å². The number of esters is 1. The molecule has 7 heteroatoms. The Balaban J connectivity index is 1.96. The number of carbonyl (C=O) groups is 1. The van der Waals surface area contributed by atoms with E-state index in [-0.39, 0.29) is 6.42 Å². The Bertz CT molecular complexity index is 648. The number of alkyl halides is 3. The van der Waals surface area contributed by atoms with Crippen molar-refractivity contribution in [2.24, 2.45) is 7.05 Å². The molecule has 0 aliphatic carbocycles. The van der Waals surface area contributed by atoms with Crippen LogP contribution in [0.15, 0.2) is 36.7 Å². The van der Waals surface area contributed by atoms with Crippen molar-refractivity contribution in [3.8, 4) is 0 Å². The van der Waals surface area contributed by atoms with E-state index in [0.717, 1.165) is 12.1 Å². The monoisotopic (exact) mass is 312 g/mol. The van der Waals surface area contributed by atoms with E-state index < -0.39 is 23.8 Å². The molecule has 1 aromatic heterocycles. The molecule has 0 spiro atoms. The van der Waals surface area contributed by atoms with Gasteiger partial charge >= 0.3 is 12.1 Å². The van der Waals surface area contributed by atoms with E-state index in [1.165, 1.54) is 12.1 Å². The summed E-state index contributed by atoms with van der Waals surface area (Å²) in [4.78, 5) is 11.8. The highest BCUT2D eigenvalue weighted by Gasteiger charge is 2.30. The predicted octanol–water partition coefficient (Wildman–Crippen LogP) is 3.29. The number of carbonyl (C=O) groups excluding carboxylic acids is 1. The van der Waals surface area contributed by atoms with Gasteiger partial charge in [-0.05, 0) is 24.6 Å². The Labute approximate surface area is 125 Å². The number of nitrogens with zero attached hydrogens (tertiary/aromatic N) is 2. The van der Waals surface area contributed by atoms with E-state index in [9.17, 15) is 18.0 Å². The molecule has 0 aliphatic heterocycles. The Kier molecular flexibility index (Phi) is 4.54. The molecule has 0 aliphatic rings. The number of benzene rings is 1. The number of hydrogen-bond acceptors (Lipinski definition) is 3. The molecule has 118 valence electrons. The van der Waals surface area contributed by atoms with Gasteiger partial charge in [-0.2, -0.15) is 18.3 Å². The molecular formula is C15H15F3N2O2. The highest BCUT2D eigenvalue weighted by molar-refractivity contribution is 5.72. The number of rotatable bonds is 4. The lowest BCUT2D eigenvalue weighted by Gasteiger charge is -2.14. The van der Waals surface area contributed by atoms with Gasteiger partial charge < -0.3 is 4.74 Å². The molecular weight excluding hydrogens is 297 g/mol. The molecule has 2 aromatic rings. The minimum atomic E-state index is -4.38. The molecule has 0 amide bonds. The van der Waals surface area contributed by atoms with Gasteiger partial charge in [-0.15, -0.1) is 0 Å². The normalized spacial score (nSPS) is 13.0. The minimum absolute atomic E-state index is 0.0683. The molecule has 0 saturated carbocycles. The summed E-state index contributed by atoms with van der Waals surface area (Å²) in [7, 11) is 1.74. The van der Waals surface area contributed by atoms with Crippen molar-refractivity contribution in [1.29, 1.82) is 0 Å². The van der Waals surface area contributed by atoms with Crippen molar-refractivity contribution < 1.29 is 22.7 Å². The number of hydrogen-bond donors (Lipinski definition) is 0. The zero-order valence-electron chi connectivity index (χ0n) is 12.1. The zero-order chi connectivity index (χ0) is 16.3. The zero-order valence-corrected chi connectivity index (χ0v) is 12.1. The molecule has 4 nitrogen and oxygen atoms in total. The third kappa shape index (κ3) is 4.09. The van der Waals surface area contributed by atoms with Crippen molar-refractivity contribution in [1.82, 2.24) is 9.78 Å². The van der Waals surface area contributed by atoms with Gasteiger partial charge in [0.2, 0.25) is 0 Å². The molecule has 0 radical (unpaired) electrons. The summed E-state index contributed by atoms with van der Waals surface area (Å²) in [5, 5.41) is 3.94. The van der Waals surface area contributed by atoms with Crippen LogP contribution in [0, 0.1) is 0 Å². The van der Waals surface area contributed by atoms with Crippen LogP contribution in [-0.4, -0.2) is 15.7 Å². The van der Waals surface area contributed by atoms with Gasteiger partial charge in [0.15, 0.2) is 0 Å². The lowest BCUT2D eigenvalue weighted by atomic mass is 10.1. The lowest BCUT2D eigenvalue weighted by molar-refractivity contribution is -0.148. The standard InChI is InChI=1S/C15H15F3N2O2/c1-10(12-3-5-13(6-4-12)15(16,17)18)22-14(21)7-11-8-19-20(2)9-11/h3-6,8-10H,7H2,1-2H3/t10-/m0/s1. The molecule has 1 aromatic carbocycles. The summed E-state index contributed by atoms with van der Waals surface area (Å²) < 4.78 is 44.2. The maximum Gasteiger partial charge on any atom is 0.416 e. The quantitative estimate of drug-likeness (QED) is 0.814. The maximum absolute atomic E-state index is 12.5. The molecule has 0 saturated heterocycles. The van der Waals surface area contributed by atoms with Crippen LogP contribution in [0.5, 0.6) is 0 Å². The first-order valence-corrected chi connectivity index (χ1v) is 6.60. The summed E-state index contributed by atoms with van der Waals surface area (Å²) >= 11 is 0. The van der Waals surface area contributed by atoms with E-state index in [2.05, 4.69) is 5.10 Å². The fourth-order valence-electron chi connectivity index (χ4n) is 1.98. The molecule has 0 N–H and O–H groups in total. The highest BCUT2D eigenvalue weighted by atomic mass is 19.4. The summed E-state index contributed by atoms with van der Waals surface area (Å²) in [6, 6.07) is 4.57. The van der Waals surface area contributed by atoms with Crippen LogP contribution < -0.4 is 0 Å². The Morgan fingerprint density at radius 3 is 2.45 bits per heavy atom. The molecule has 2 rings (SSSR count). The second-order valence-corrected chi connectivity index (χ2v) is 4.95. The van der Waals surface area contributed by atoms with Crippen molar-refractivity contribution in [2.45, 2.75) is 25.6 Å². The number of halogens is 3. The van der Waals surface area contributed by atoms with Gasteiger partial charge in [-0.25, -0.2) is 0 Å². The van der Waals surface area contributed by atoms with Gasteiger partial charge in [0.05, 0.1) is 18.2 Å². The van der Waals surface area contributed by atoms with E-state index in [1.807, 2.05) is 0 Å². The maximum atomic E-state index is 12.5. The van der Waals surface area contributed by atoms with Crippen molar-refractivity contribution in [3.05, 3.63) is 53.3 Å². The molecule has 0 bridgehead atoms. The second kappa shape index (κ2) is 6.21. The fraction of sp³-hybridized carbons (Fsp3) is 0.333. The van der Waals surface area contributed by atoms with Gasteiger partial charge in [0.25, 0.3) is 0 Å². The second-order valence-electron chi connectivity index (χ2n) is 4.95. The van der Waals surface area contributed by atoms with Crippen LogP contribution >= 0.6 is 0 Å². The topological polar surface area (TPSA) is 44.1 Å². The minimum Gasteiger partial charge on any atom is -0.458 e. The molecule has 0 unspecified atom stereocenters. The largest absolute Gasteiger partial charge is 0.458 e. The summed E-state index contributed by atoms with van der Waals surface area (Å²) in [6.07, 6.45) is -1.67. The Morgan fingerprint density at radius 1 is 1.32 bits per heavy atom. The summed E-state index contributed by atoms with van der Waals surface area (Å²) in [5.41, 5.74) is 0.491. The van der Waals surface area contributed by atoms with Crippen LogP contribution in [0.25, 0.3) is 0 Å². The first-order chi connectivity index (χ1) is 10.3. The van der Waals surface area contributed by atoms with E-state index in [4.69, 9.17) is 4.74 Å².